The van der Waals surface area contributed by atoms with Crippen molar-refractivity contribution in [3.8, 4) is 0 Å². The van der Waals surface area contributed by atoms with Gasteiger partial charge in [-0.1, -0.05) is 0 Å². The van der Waals surface area contributed by atoms with Crippen molar-refractivity contribution in [3.05, 3.63) is 0 Å². The van der Waals surface area contributed by atoms with Crippen molar-refractivity contribution in [2.24, 2.45) is 0 Å². The summed E-state index contributed by atoms with van der Waals surface area (Å²) in [5, 5.41) is 236. The molecule has 21 aliphatic heterocycles. The maximum atomic E-state index is 12.2. The number of thioether (sulfide) groups is 7. The van der Waals surface area contributed by atoms with E-state index in [4.69, 9.17) is 66.3 Å². The molecule has 49 heteroatoms. The van der Waals surface area contributed by atoms with Gasteiger partial charge in [0.2, 0.25) is 0 Å². The quantitative estimate of drug-likeness (QED) is 0.0262. The molecule has 0 unspecified atom stereocenters. The minimum atomic E-state index is -2.28. The molecular formula is C63H98O42S7. The highest BCUT2D eigenvalue weighted by Crippen LogP contribution is 2.42. The Morgan fingerprint density at radius 2 is 0.286 bits per heavy atom. The Labute approximate surface area is 668 Å². The summed E-state index contributed by atoms with van der Waals surface area (Å²) in [6, 6.07) is 0. The van der Waals surface area contributed by atoms with Gasteiger partial charge in [-0.15, -0.1) is 0 Å². The van der Waals surface area contributed by atoms with Gasteiger partial charge in [-0.05, 0) is 0 Å². The SMILES string of the molecule is O=C(O)CCSC[C@@H]1O[C@H]2O[C@@H]3[C@@H](O)[C@H](O)[C@H](O[C@@H]4[C@@H](O)[C@H](O)[C@H](O[C@@H]5[C@@H](O)[C@@H](O)[C@H](O[C@@H]6[C@@H](O)[C@H](O)[C@H](O[C@@H]7[C@@H](O)[C@H](O)[C@H](O[C@@H]8[C@@H](O)[C@H](O)[C@H](O[C@@H]1[C@@H](O)[C@@H]2O)O[C@H]8CSCCC(=O)O)O[C@H]7CSCCC(=O)O)O[C@H]6CSCCC(=O)O)O[C@H]5CSCCC(=O)O)O[C@H]4CSCCC(=O)O)O[C@H]3CSCCC(=O)O. The minimum absolute atomic E-state index is 0.126. The molecule has 21 heterocycles. The molecule has 21 N–H and O–H groups in total. The molecule has 14 bridgehead atoms. The molecule has 0 aromatic rings. The molecule has 21 fully saturated rings. The standard InChI is InChI=1S/C63H98O42S7/c64-29(65)1-8-106-15-22-50-36(78)43(85)57(92-22)100-51-23(16-107-9-2-30(66)67)94-59(45(87)38(51)80)102-53-25(18-109-11-4-32(70)71)96-61(47(89)40(53)82)104-55-27(20-111-13-6-34(74)75)98-63(49(91)42(55)84)105-56-28(21-112-14-7-35(76)77)97-62(48(90)41(56)83)103-54-26(19-110-12-5-33(72)73)95-60(46(88)39(54)81)101-52-24(17-108-10-3-31(68)69)93-58(99-50)44(86)37(52)79/h22-28,36-63,78-91H,1-21H2,(H,64,65)(H,66,67)(H,68,69)(H,70,71)(H,72,73)(H,74,75)(H,76,77)/t22-,23-,24-,25-,26-,27-,28-,36-,37-,38-,39-,40-,41-,42-,43-,44-,45-,46-,47-,48-,49+,50-,51-,52-,53-,54-,55-,56-,57-,58-,59-,60-,61-,62-,63-/m0/s1. The van der Waals surface area contributed by atoms with E-state index in [0.29, 0.717) is 0 Å². The van der Waals surface area contributed by atoms with Gasteiger partial charge in [-0.3, -0.25) is 33.6 Å². The first-order chi connectivity index (χ1) is 53.1. The lowest BCUT2D eigenvalue weighted by Gasteiger charge is -2.50. The van der Waals surface area contributed by atoms with E-state index in [1.807, 2.05) is 0 Å². The van der Waals surface area contributed by atoms with Gasteiger partial charge in [0.05, 0.1) is 87.7 Å². The summed E-state index contributed by atoms with van der Waals surface area (Å²) in [6.45, 7) is 0. The van der Waals surface area contributed by atoms with Crippen LogP contribution in [-0.2, 0) is 99.9 Å². The molecule has 0 saturated carbocycles. The summed E-state index contributed by atoms with van der Waals surface area (Å²) in [7, 11) is 0. The maximum Gasteiger partial charge on any atom is 0.304 e. The van der Waals surface area contributed by atoms with Crippen molar-refractivity contribution in [3.63, 3.8) is 0 Å². The Morgan fingerprint density at radius 1 is 0.179 bits per heavy atom. The van der Waals surface area contributed by atoms with E-state index in [9.17, 15) is 141 Å². The molecule has 0 aromatic carbocycles. The first-order valence-electron chi connectivity index (χ1n) is 35.4. The van der Waals surface area contributed by atoms with Crippen molar-refractivity contribution < 1.29 is 207 Å². The molecule has 0 aliphatic carbocycles. The third kappa shape index (κ3) is 26.6. The second-order valence-electron chi connectivity index (χ2n) is 26.9. The zero-order valence-corrected chi connectivity index (χ0v) is 65.1. The van der Waals surface area contributed by atoms with Crippen LogP contribution in [0.5, 0.6) is 0 Å². The lowest BCUT2D eigenvalue weighted by atomic mass is 9.95. The van der Waals surface area contributed by atoms with Crippen molar-refractivity contribution >= 4 is 124 Å². The van der Waals surface area contributed by atoms with E-state index in [-0.39, 0.29) is 80.5 Å². The molecule has 0 radical (unpaired) electrons. The van der Waals surface area contributed by atoms with E-state index < -0.39 is 302 Å². The molecule has 0 aromatic heterocycles. The van der Waals surface area contributed by atoms with Crippen LogP contribution in [0, 0.1) is 0 Å². The van der Waals surface area contributed by atoms with Crippen LogP contribution in [0.4, 0.5) is 0 Å². The fourth-order valence-electron chi connectivity index (χ4n) is 12.8. The average Bonchev–Trinajstić information content (AvgIpc) is 0.778. The number of carboxylic acids is 7. The number of aliphatic carboxylic acids is 7. The first kappa shape index (κ1) is 95.1. The van der Waals surface area contributed by atoms with Crippen LogP contribution in [0.25, 0.3) is 0 Å². The van der Waals surface area contributed by atoms with Gasteiger partial charge in [-0.25, -0.2) is 0 Å². The number of rotatable bonds is 35. The molecular weight excluding hydrogens is 1650 g/mol. The number of hydrogen-bond acceptors (Lipinski definition) is 42. The Kier molecular flexibility index (Phi) is 38.9. The molecule has 112 heavy (non-hydrogen) atoms. The van der Waals surface area contributed by atoms with Gasteiger partial charge in [0.15, 0.2) is 44.0 Å². The second kappa shape index (κ2) is 45.9. The summed E-state index contributed by atoms with van der Waals surface area (Å²) in [6.07, 6.45) is -73.2. The number of carbonyl (C=O) groups is 7. The highest BCUT2D eigenvalue weighted by atomic mass is 32.2. The van der Waals surface area contributed by atoms with Crippen LogP contribution < -0.4 is 0 Å². The summed E-state index contributed by atoms with van der Waals surface area (Å²) >= 11 is 6.34. The molecule has 21 saturated heterocycles. The smallest absolute Gasteiger partial charge is 0.304 e. The number of ether oxygens (including phenoxy) is 14. The predicted molar refractivity (Wildman–Crippen MR) is 386 cm³/mol. The lowest BCUT2D eigenvalue weighted by Crippen LogP contribution is -2.68. The largest absolute Gasteiger partial charge is 0.481 e. The lowest BCUT2D eigenvalue weighted by molar-refractivity contribution is -0.389. The van der Waals surface area contributed by atoms with Crippen molar-refractivity contribution in [1.29, 1.82) is 0 Å². The normalized spacial score (nSPS) is 41.5. The van der Waals surface area contributed by atoms with Crippen LogP contribution in [-0.4, -0.2) is 445 Å². The zero-order valence-electron chi connectivity index (χ0n) is 59.4. The molecule has 35 atom stereocenters. The maximum absolute atomic E-state index is 12.2. The van der Waals surface area contributed by atoms with Crippen molar-refractivity contribution in [1.82, 2.24) is 0 Å². The van der Waals surface area contributed by atoms with E-state index in [2.05, 4.69) is 0 Å². The average molecular weight is 1750 g/mol. The molecule has 0 spiro atoms. The molecule has 21 rings (SSSR count). The topological polar surface area (TPSA) is 674 Å². The number of aliphatic hydroxyl groups excluding tert-OH is 14. The van der Waals surface area contributed by atoms with Gasteiger partial charge >= 0.3 is 41.8 Å². The van der Waals surface area contributed by atoms with E-state index >= 15 is 0 Å². The van der Waals surface area contributed by atoms with Gasteiger partial charge in [0.25, 0.3) is 0 Å². The Hall–Kier alpha value is -2.38. The first-order valence-corrected chi connectivity index (χ1v) is 43.5. The second-order valence-corrected chi connectivity index (χ2v) is 35.0. The third-order valence-electron chi connectivity index (χ3n) is 18.7. The third-order valence-corrected chi connectivity index (χ3v) is 26.1. The molecule has 21 aliphatic rings. The van der Waals surface area contributed by atoms with Gasteiger partial charge in [0, 0.05) is 80.5 Å². The van der Waals surface area contributed by atoms with Crippen LogP contribution >= 0.6 is 82.3 Å². The molecule has 0 amide bonds. The fraction of sp³-hybridized carbons (Fsp3) is 0.889. The summed E-state index contributed by atoms with van der Waals surface area (Å²) in [4.78, 5) is 81.9. The number of hydrogen-bond donors (Lipinski definition) is 21. The van der Waals surface area contributed by atoms with Gasteiger partial charge in [0.1, 0.15) is 128 Å². The van der Waals surface area contributed by atoms with Gasteiger partial charge < -0.3 is 174 Å². The monoisotopic (exact) mass is 1750 g/mol. The predicted octanol–water partition coefficient (Wildman–Crippen LogP) is -6.72. The Morgan fingerprint density at radius 3 is 0.384 bits per heavy atom. The number of aliphatic hydroxyl groups is 14. The van der Waals surface area contributed by atoms with Crippen LogP contribution in [0.3, 0.4) is 0 Å². The van der Waals surface area contributed by atoms with Crippen LogP contribution in [0.2, 0.25) is 0 Å². The Bertz CT molecular complexity index is 2440. The fourth-order valence-corrected chi connectivity index (χ4v) is 19.7. The zero-order chi connectivity index (χ0) is 81.9. The number of carboxylic acid groups (broad SMARTS) is 7. The summed E-state index contributed by atoms with van der Waals surface area (Å²) in [5.41, 5.74) is 0. The summed E-state index contributed by atoms with van der Waals surface area (Å²) < 4.78 is 87.3. The highest BCUT2D eigenvalue weighted by molar-refractivity contribution is 8.00. The Balaban J connectivity index is 1.21. The van der Waals surface area contributed by atoms with E-state index in [0.717, 1.165) is 82.3 Å². The summed E-state index contributed by atoms with van der Waals surface area (Å²) in [5.74, 6) is -11.9. The van der Waals surface area contributed by atoms with Crippen molar-refractivity contribution in [2.75, 3.05) is 80.5 Å². The van der Waals surface area contributed by atoms with E-state index in [1.165, 1.54) is 0 Å². The molecule has 644 valence electrons. The van der Waals surface area contributed by atoms with Gasteiger partial charge in [-0.2, -0.15) is 82.3 Å². The van der Waals surface area contributed by atoms with Crippen molar-refractivity contribution in [2.45, 2.75) is 260 Å². The van der Waals surface area contributed by atoms with E-state index in [1.54, 1.807) is 0 Å². The van der Waals surface area contributed by atoms with Crippen LogP contribution in [0.15, 0.2) is 0 Å². The molecule has 42 nitrogen and oxygen atoms in total. The van der Waals surface area contributed by atoms with Crippen LogP contribution in [0.1, 0.15) is 44.9 Å². The highest BCUT2D eigenvalue weighted by Gasteiger charge is 2.60. The minimum Gasteiger partial charge on any atom is -0.481 e.